The predicted molar refractivity (Wildman–Crippen MR) is 148 cm³/mol. The smallest absolute Gasteiger partial charge is 0.333 e. The van der Waals surface area contributed by atoms with E-state index in [9.17, 15) is 19.2 Å². The van der Waals surface area contributed by atoms with Gasteiger partial charge in [0.2, 0.25) is 17.7 Å². The molecule has 0 spiro atoms. The maximum Gasteiger partial charge on any atom is 0.333 e. The number of nitrogens with zero attached hydrogens (tertiary/aromatic N) is 1. The lowest BCUT2D eigenvalue weighted by molar-refractivity contribution is -0.154. The van der Waals surface area contributed by atoms with Gasteiger partial charge >= 0.3 is 5.97 Å². The standard InChI is InChI=1S/C31H39N3O6/c35-27(33-39)18-6-1-2-7-19-28(36)34-21-24-15-9-8-14-23(24)20-26(34)30(37)32-29(22-12-4-3-5-13-22)31(38)40-25-16-10-11-17-25/h3-5,8-9,12-15,25-26,29,39H,1-2,6-7,10-11,16-21H2,(H,32,37)(H,33,35)/t26-,29?/m0/s1. The van der Waals surface area contributed by atoms with Crippen LogP contribution in [0.2, 0.25) is 0 Å². The first-order valence-corrected chi connectivity index (χ1v) is 14.3. The minimum Gasteiger partial charge on any atom is -0.461 e. The molecule has 214 valence electrons. The Labute approximate surface area is 235 Å². The SMILES string of the molecule is O=C(CCCCCCC(=O)N1Cc2ccccc2C[C@H]1C(=O)NC(C(=O)OC1CCCC1)c1ccccc1)NO. The lowest BCUT2D eigenvalue weighted by atomic mass is 9.92. The molecule has 4 rings (SSSR count). The van der Waals surface area contributed by atoms with Gasteiger partial charge in [-0.05, 0) is 55.2 Å². The van der Waals surface area contributed by atoms with Gasteiger partial charge in [0.1, 0.15) is 12.1 Å². The maximum atomic E-state index is 13.8. The second-order valence-electron chi connectivity index (χ2n) is 10.7. The monoisotopic (exact) mass is 549 g/mol. The molecule has 0 bridgehead atoms. The van der Waals surface area contributed by atoms with Crippen molar-refractivity contribution < 1.29 is 29.1 Å². The van der Waals surface area contributed by atoms with Crippen LogP contribution in [0.1, 0.15) is 86.9 Å². The van der Waals surface area contributed by atoms with Crippen molar-refractivity contribution in [1.82, 2.24) is 15.7 Å². The average molecular weight is 550 g/mol. The molecule has 2 aromatic carbocycles. The molecule has 1 fully saturated rings. The highest BCUT2D eigenvalue weighted by Gasteiger charge is 2.37. The summed E-state index contributed by atoms with van der Waals surface area (Å²) in [5.74, 6) is -1.39. The number of amides is 3. The van der Waals surface area contributed by atoms with Crippen molar-refractivity contribution in [3.8, 4) is 0 Å². The summed E-state index contributed by atoms with van der Waals surface area (Å²) in [6, 6.07) is 15.2. The lowest BCUT2D eigenvalue weighted by Gasteiger charge is -2.37. The largest absolute Gasteiger partial charge is 0.461 e. The maximum absolute atomic E-state index is 13.8. The third-order valence-corrected chi connectivity index (χ3v) is 7.78. The van der Waals surface area contributed by atoms with E-state index in [4.69, 9.17) is 9.94 Å². The number of carbonyl (C=O) groups excluding carboxylic acids is 4. The van der Waals surface area contributed by atoms with Gasteiger partial charge in [0, 0.05) is 25.8 Å². The Morgan fingerprint density at radius 1 is 0.875 bits per heavy atom. The molecular formula is C31H39N3O6. The summed E-state index contributed by atoms with van der Waals surface area (Å²) in [6.45, 7) is 0.326. The van der Waals surface area contributed by atoms with Gasteiger partial charge in [0.15, 0.2) is 6.04 Å². The zero-order valence-electron chi connectivity index (χ0n) is 22.8. The molecule has 2 atom stereocenters. The first-order valence-electron chi connectivity index (χ1n) is 14.3. The van der Waals surface area contributed by atoms with E-state index in [1.54, 1.807) is 22.5 Å². The molecular weight excluding hydrogens is 510 g/mol. The van der Waals surface area contributed by atoms with Crippen LogP contribution in [0, 0.1) is 0 Å². The van der Waals surface area contributed by atoms with E-state index in [1.807, 2.05) is 42.5 Å². The molecule has 3 amide bonds. The van der Waals surface area contributed by atoms with Crippen LogP contribution in [-0.4, -0.2) is 45.9 Å². The molecule has 1 aliphatic heterocycles. The number of ether oxygens (including phenoxy) is 1. The van der Waals surface area contributed by atoms with E-state index in [-0.39, 0.29) is 30.8 Å². The summed E-state index contributed by atoms with van der Waals surface area (Å²) in [7, 11) is 0. The number of rotatable bonds is 12. The van der Waals surface area contributed by atoms with E-state index in [2.05, 4.69) is 5.32 Å². The molecule has 9 nitrogen and oxygen atoms in total. The fourth-order valence-electron chi connectivity index (χ4n) is 5.53. The molecule has 1 unspecified atom stereocenters. The zero-order chi connectivity index (χ0) is 28.3. The van der Waals surface area contributed by atoms with Crippen molar-refractivity contribution in [3.05, 3.63) is 71.3 Å². The Morgan fingerprint density at radius 2 is 1.52 bits per heavy atom. The number of benzene rings is 2. The molecule has 9 heteroatoms. The first-order chi connectivity index (χ1) is 19.5. The quantitative estimate of drug-likeness (QED) is 0.158. The van der Waals surface area contributed by atoms with Gasteiger partial charge in [-0.25, -0.2) is 10.3 Å². The highest BCUT2D eigenvalue weighted by molar-refractivity contribution is 5.92. The zero-order valence-corrected chi connectivity index (χ0v) is 22.8. The van der Waals surface area contributed by atoms with Crippen molar-refractivity contribution in [3.63, 3.8) is 0 Å². The molecule has 2 aliphatic rings. The number of hydrogen-bond donors (Lipinski definition) is 3. The summed E-state index contributed by atoms with van der Waals surface area (Å²) in [5.41, 5.74) is 4.29. The third-order valence-electron chi connectivity index (χ3n) is 7.78. The van der Waals surface area contributed by atoms with Crippen LogP contribution >= 0.6 is 0 Å². The molecule has 1 saturated carbocycles. The van der Waals surface area contributed by atoms with E-state index < -0.39 is 24.0 Å². The van der Waals surface area contributed by atoms with Crippen LogP contribution in [0.4, 0.5) is 0 Å². The third kappa shape index (κ3) is 7.91. The second kappa shape index (κ2) is 14.6. The summed E-state index contributed by atoms with van der Waals surface area (Å²) >= 11 is 0. The number of hydrogen-bond acceptors (Lipinski definition) is 6. The fraction of sp³-hybridized carbons (Fsp3) is 0.484. The van der Waals surface area contributed by atoms with Crippen LogP contribution < -0.4 is 10.8 Å². The molecule has 2 aromatic rings. The van der Waals surface area contributed by atoms with Crippen LogP contribution in [0.25, 0.3) is 0 Å². The molecule has 3 N–H and O–H groups in total. The van der Waals surface area contributed by atoms with Crippen LogP contribution in [0.15, 0.2) is 54.6 Å². The van der Waals surface area contributed by atoms with Crippen molar-refractivity contribution in [2.24, 2.45) is 0 Å². The summed E-state index contributed by atoms with van der Waals surface area (Å²) in [4.78, 5) is 53.2. The van der Waals surface area contributed by atoms with Gasteiger partial charge < -0.3 is 15.0 Å². The number of esters is 1. The fourth-order valence-corrected chi connectivity index (χ4v) is 5.53. The minimum absolute atomic E-state index is 0.118. The molecule has 0 saturated heterocycles. The number of unbranched alkanes of at least 4 members (excludes halogenated alkanes) is 3. The highest BCUT2D eigenvalue weighted by Crippen LogP contribution is 2.27. The molecule has 40 heavy (non-hydrogen) atoms. The van der Waals surface area contributed by atoms with Crippen LogP contribution in [0.5, 0.6) is 0 Å². The summed E-state index contributed by atoms with van der Waals surface area (Å²) < 4.78 is 5.78. The number of hydroxylamine groups is 1. The lowest BCUT2D eigenvalue weighted by Crippen LogP contribution is -2.54. The Morgan fingerprint density at radius 3 is 2.23 bits per heavy atom. The van der Waals surface area contributed by atoms with Gasteiger partial charge in [-0.15, -0.1) is 0 Å². The topological polar surface area (TPSA) is 125 Å². The van der Waals surface area contributed by atoms with E-state index in [0.717, 1.165) is 49.7 Å². The van der Waals surface area contributed by atoms with E-state index in [0.29, 0.717) is 31.4 Å². The van der Waals surface area contributed by atoms with Crippen molar-refractivity contribution in [2.45, 2.75) is 95.4 Å². The number of carbonyl (C=O) groups is 4. The van der Waals surface area contributed by atoms with E-state index in [1.165, 1.54) is 0 Å². The van der Waals surface area contributed by atoms with Gasteiger partial charge in [0.25, 0.3) is 0 Å². The molecule has 1 aliphatic carbocycles. The van der Waals surface area contributed by atoms with Crippen molar-refractivity contribution >= 4 is 23.7 Å². The minimum atomic E-state index is -0.959. The van der Waals surface area contributed by atoms with Crippen molar-refractivity contribution in [2.75, 3.05) is 0 Å². The van der Waals surface area contributed by atoms with Gasteiger partial charge in [-0.2, -0.15) is 0 Å². The van der Waals surface area contributed by atoms with Gasteiger partial charge in [0.05, 0.1) is 0 Å². The Hall–Kier alpha value is -3.72. The Kier molecular flexibility index (Phi) is 10.7. The normalized spacial score (nSPS) is 17.5. The highest BCUT2D eigenvalue weighted by atomic mass is 16.5. The predicted octanol–water partition coefficient (Wildman–Crippen LogP) is 4.13. The summed E-state index contributed by atoms with van der Waals surface area (Å²) in [6.07, 6.45) is 7.24. The molecule has 1 heterocycles. The number of nitrogens with one attached hydrogen (secondary N) is 2. The molecule has 0 aromatic heterocycles. The number of fused-ring (bicyclic) bond motifs is 1. The van der Waals surface area contributed by atoms with Crippen molar-refractivity contribution in [1.29, 1.82) is 0 Å². The van der Waals surface area contributed by atoms with Crippen LogP contribution in [0.3, 0.4) is 0 Å². The van der Waals surface area contributed by atoms with Gasteiger partial charge in [-0.1, -0.05) is 67.4 Å². The van der Waals surface area contributed by atoms with Gasteiger partial charge in [-0.3, -0.25) is 19.6 Å². The van der Waals surface area contributed by atoms with E-state index >= 15 is 0 Å². The Balaban J connectivity index is 1.44. The Bertz CT molecular complexity index is 1160. The van der Waals surface area contributed by atoms with Crippen LogP contribution in [-0.2, 0) is 36.9 Å². The molecule has 0 radical (unpaired) electrons. The first kappa shape index (κ1) is 29.3. The summed E-state index contributed by atoms with van der Waals surface area (Å²) in [5, 5.41) is 11.5. The average Bonchev–Trinajstić information content (AvgIpc) is 3.50. The second-order valence-corrected chi connectivity index (χ2v) is 10.7.